The fraction of sp³-hybridized carbons (Fsp3) is 0.167. The van der Waals surface area contributed by atoms with Crippen molar-refractivity contribution in [3.05, 3.63) is 47.8 Å². The van der Waals surface area contributed by atoms with Crippen LogP contribution in [0.2, 0.25) is 0 Å². The predicted octanol–water partition coefficient (Wildman–Crippen LogP) is 3.09. The Bertz CT molecular complexity index is 573. The molecule has 0 N–H and O–H groups in total. The van der Waals surface area contributed by atoms with Crippen LogP contribution in [0.25, 0.3) is 5.69 Å². The molecule has 0 fully saturated rings. The van der Waals surface area contributed by atoms with E-state index in [-0.39, 0.29) is 5.69 Å². The molecule has 0 unspecified atom stereocenters. The van der Waals surface area contributed by atoms with E-state index in [1.165, 1.54) is 12.1 Å². The van der Waals surface area contributed by atoms with Crippen LogP contribution in [0.4, 0.5) is 13.2 Å². The van der Waals surface area contributed by atoms with Gasteiger partial charge in [-0.25, -0.2) is 4.68 Å². The standard InChI is InChI=1S/C12H9F3N2O/c1-8(18)10-7-16-17(11(10)12(13,14)15)9-5-3-2-4-6-9/h2-7H,1H3. The zero-order valence-electron chi connectivity index (χ0n) is 9.40. The van der Waals surface area contributed by atoms with Gasteiger partial charge in [-0.2, -0.15) is 18.3 Å². The lowest BCUT2D eigenvalue weighted by atomic mass is 10.1. The van der Waals surface area contributed by atoms with E-state index in [4.69, 9.17) is 0 Å². The average molecular weight is 254 g/mol. The summed E-state index contributed by atoms with van der Waals surface area (Å²) in [4.78, 5) is 11.2. The van der Waals surface area contributed by atoms with Gasteiger partial charge in [-0.1, -0.05) is 18.2 Å². The number of carbonyl (C=O) groups is 1. The first-order valence-electron chi connectivity index (χ1n) is 5.13. The number of halogens is 3. The number of rotatable bonds is 2. The summed E-state index contributed by atoms with van der Waals surface area (Å²) in [7, 11) is 0. The molecule has 0 saturated carbocycles. The zero-order chi connectivity index (χ0) is 13.3. The summed E-state index contributed by atoms with van der Waals surface area (Å²) in [6, 6.07) is 7.87. The molecule has 1 heterocycles. The molecule has 0 spiro atoms. The Morgan fingerprint density at radius 1 is 1.22 bits per heavy atom. The summed E-state index contributed by atoms with van der Waals surface area (Å²) in [5.41, 5.74) is -1.20. The molecule has 1 aromatic heterocycles. The van der Waals surface area contributed by atoms with Crippen molar-refractivity contribution >= 4 is 5.78 Å². The van der Waals surface area contributed by atoms with Gasteiger partial charge in [0.15, 0.2) is 11.5 Å². The summed E-state index contributed by atoms with van der Waals surface area (Å²) in [6.45, 7) is 1.08. The first-order valence-corrected chi connectivity index (χ1v) is 5.13. The van der Waals surface area contributed by atoms with Crippen LogP contribution in [-0.2, 0) is 6.18 Å². The normalized spacial score (nSPS) is 11.6. The molecule has 2 rings (SSSR count). The van der Waals surface area contributed by atoms with Crippen LogP contribution >= 0.6 is 0 Å². The molecule has 18 heavy (non-hydrogen) atoms. The van der Waals surface area contributed by atoms with Gasteiger partial charge in [0.1, 0.15) is 0 Å². The molecule has 1 aromatic carbocycles. The SMILES string of the molecule is CC(=O)c1cnn(-c2ccccc2)c1C(F)(F)F. The van der Waals surface area contributed by atoms with Crippen molar-refractivity contribution in [3.8, 4) is 5.69 Å². The first-order chi connectivity index (χ1) is 8.41. The second-order valence-electron chi connectivity index (χ2n) is 3.71. The van der Waals surface area contributed by atoms with Gasteiger partial charge in [0.05, 0.1) is 17.4 Å². The molecular formula is C12H9F3N2O. The molecule has 0 amide bonds. The highest BCUT2D eigenvalue weighted by atomic mass is 19.4. The molecule has 0 aliphatic heterocycles. The summed E-state index contributed by atoms with van der Waals surface area (Å²) in [5, 5.41) is 3.65. The topological polar surface area (TPSA) is 34.9 Å². The van der Waals surface area contributed by atoms with E-state index < -0.39 is 23.2 Å². The molecule has 0 aliphatic rings. The maximum atomic E-state index is 13.0. The van der Waals surface area contributed by atoms with Crippen molar-refractivity contribution in [2.24, 2.45) is 0 Å². The average Bonchev–Trinajstić information content (AvgIpc) is 2.74. The van der Waals surface area contributed by atoms with Gasteiger partial charge in [-0.3, -0.25) is 4.79 Å². The van der Waals surface area contributed by atoms with Crippen molar-refractivity contribution in [2.75, 3.05) is 0 Å². The number of carbonyl (C=O) groups excluding carboxylic acids is 1. The van der Waals surface area contributed by atoms with Crippen LogP contribution in [0.3, 0.4) is 0 Å². The van der Waals surface area contributed by atoms with Crippen LogP contribution in [-0.4, -0.2) is 15.6 Å². The number of hydrogen-bond donors (Lipinski definition) is 0. The molecule has 0 radical (unpaired) electrons. The largest absolute Gasteiger partial charge is 0.434 e. The van der Waals surface area contributed by atoms with E-state index in [9.17, 15) is 18.0 Å². The van der Waals surface area contributed by atoms with Crippen molar-refractivity contribution < 1.29 is 18.0 Å². The lowest BCUT2D eigenvalue weighted by Crippen LogP contribution is -2.16. The lowest BCUT2D eigenvalue weighted by molar-refractivity contribution is -0.143. The van der Waals surface area contributed by atoms with E-state index in [1.54, 1.807) is 18.2 Å². The number of alkyl halides is 3. The van der Waals surface area contributed by atoms with Crippen molar-refractivity contribution in [1.29, 1.82) is 0 Å². The summed E-state index contributed by atoms with van der Waals surface area (Å²) in [5.74, 6) is -0.662. The summed E-state index contributed by atoms with van der Waals surface area (Å²) < 4.78 is 39.7. The maximum absolute atomic E-state index is 13.0. The van der Waals surface area contributed by atoms with Gasteiger partial charge >= 0.3 is 6.18 Å². The second-order valence-corrected chi connectivity index (χ2v) is 3.71. The number of Topliss-reactive ketones (excluding diaryl/α,β-unsaturated/α-hetero) is 1. The number of benzene rings is 1. The summed E-state index contributed by atoms with van der Waals surface area (Å²) >= 11 is 0. The van der Waals surface area contributed by atoms with Gasteiger partial charge in [0, 0.05) is 0 Å². The number of aromatic nitrogens is 2. The van der Waals surface area contributed by atoms with Gasteiger partial charge < -0.3 is 0 Å². The first kappa shape index (κ1) is 12.3. The fourth-order valence-electron chi connectivity index (χ4n) is 1.64. The molecule has 94 valence electrons. The Morgan fingerprint density at radius 3 is 2.33 bits per heavy atom. The Labute approximate surface area is 101 Å². The van der Waals surface area contributed by atoms with Crippen molar-refractivity contribution in [3.63, 3.8) is 0 Å². The maximum Gasteiger partial charge on any atom is 0.434 e. The van der Waals surface area contributed by atoms with E-state index >= 15 is 0 Å². The van der Waals surface area contributed by atoms with Gasteiger partial charge in [0.25, 0.3) is 0 Å². The van der Waals surface area contributed by atoms with Gasteiger partial charge in [-0.05, 0) is 19.1 Å². The molecule has 6 heteroatoms. The third kappa shape index (κ3) is 2.13. The van der Waals surface area contributed by atoms with Crippen molar-refractivity contribution in [2.45, 2.75) is 13.1 Å². The minimum atomic E-state index is -4.63. The summed E-state index contributed by atoms with van der Waals surface area (Å²) in [6.07, 6.45) is -3.69. The van der Waals surface area contributed by atoms with Crippen LogP contribution in [0.1, 0.15) is 23.0 Å². The number of ketones is 1. The lowest BCUT2D eigenvalue weighted by Gasteiger charge is -2.11. The van der Waals surface area contributed by atoms with E-state index in [1.807, 2.05) is 0 Å². The monoisotopic (exact) mass is 254 g/mol. The number of nitrogens with zero attached hydrogens (tertiary/aromatic N) is 2. The smallest absolute Gasteiger partial charge is 0.294 e. The Morgan fingerprint density at radius 2 is 1.83 bits per heavy atom. The predicted molar refractivity (Wildman–Crippen MR) is 58.6 cm³/mol. The van der Waals surface area contributed by atoms with Crippen LogP contribution in [0.15, 0.2) is 36.5 Å². The van der Waals surface area contributed by atoms with Crippen molar-refractivity contribution in [1.82, 2.24) is 9.78 Å². The number of hydrogen-bond acceptors (Lipinski definition) is 2. The highest BCUT2D eigenvalue weighted by molar-refractivity contribution is 5.95. The van der Waals surface area contributed by atoms with Crippen LogP contribution in [0.5, 0.6) is 0 Å². The third-order valence-electron chi connectivity index (χ3n) is 2.42. The molecule has 0 aliphatic carbocycles. The number of para-hydroxylation sites is 1. The molecule has 0 saturated heterocycles. The van der Waals surface area contributed by atoms with E-state index in [2.05, 4.69) is 5.10 Å². The zero-order valence-corrected chi connectivity index (χ0v) is 9.40. The molecule has 3 nitrogen and oxygen atoms in total. The minimum Gasteiger partial charge on any atom is -0.294 e. The quantitative estimate of drug-likeness (QED) is 0.772. The fourth-order valence-corrected chi connectivity index (χ4v) is 1.64. The van der Waals surface area contributed by atoms with E-state index in [0.29, 0.717) is 0 Å². The highest BCUT2D eigenvalue weighted by Crippen LogP contribution is 2.33. The van der Waals surface area contributed by atoms with E-state index in [0.717, 1.165) is 17.8 Å². The molecule has 0 bridgehead atoms. The van der Waals surface area contributed by atoms with Gasteiger partial charge in [0.2, 0.25) is 0 Å². The van der Waals surface area contributed by atoms with Crippen LogP contribution in [0, 0.1) is 0 Å². The third-order valence-corrected chi connectivity index (χ3v) is 2.42. The van der Waals surface area contributed by atoms with Gasteiger partial charge in [-0.15, -0.1) is 0 Å². The second kappa shape index (κ2) is 4.29. The molecule has 2 aromatic rings. The molecule has 0 atom stereocenters. The minimum absolute atomic E-state index is 0.261. The highest BCUT2D eigenvalue weighted by Gasteiger charge is 2.39. The Hall–Kier alpha value is -2.11. The Balaban J connectivity index is 2.67. The van der Waals surface area contributed by atoms with Crippen LogP contribution < -0.4 is 0 Å². The molecular weight excluding hydrogens is 245 g/mol. The Kier molecular flexibility index (Phi) is 2.94.